The molecule has 0 aliphatic carbocycles. The minimum absolute atomic E-state index is 0.000642. The molecule has 0 saturated carbocycles. The molecule has 2 aromatic carbocycles. The van der Waals surface area contributed by atoms with Crippen molar-refractivity contribution in [3.8, 4) is 0 Å². The second-order valence-electron chi connectivity index (χ2n) is 17.1. The zero-order chi connectivity index (χ0) is 49.4. The number of hydroxylamine groups is 2. The molecule has 20 nitrogen and oxygen atoms in total. The number of thioether (sulfide) groups is 1. The fourth-order valence-electron chi connectivity index (χ4n) is 7.30. The Bertz CT molecular complexity index is 2060. The number of anilines is 2. The number of nitrogens with two attached hydrogens (primary N) is 1. The SMILES string of the molecule is CC(C)C(NC(=O)CCCCCC(=O)ON1C(=O)CCC1=O)C(=O)NC(CCCNC(N)=O)C(=O)Nc1ccc(CSCCCCCC(NC(=O)C2CCC(=O)N2)C(=O)Nc2ccccc2)cc1. The predicted octanol–water partition coefficient (Wildman–Crippen LogP) is 3.45. The number of imide groups is 1. The molecule has 2 fully saturated rings. The number of rotatable bonds is 29. The van der Waals surface area contributed by atoms with E-state index in [1.165, 1.54) is 0 Å². The first-order valence-electron chi connectivity index (χ1n) is 23.2. The van der Waals surface area contributed by atoms with Crippen LogP contribution >= 0.6 is 11.8 Å². The van der Waals surface area contributed by atoms with Gasteiger partial charge in [-0.2, -0.15) is 11.8 Å². The minimum atomic E-state index is -1.02. The van der Waals surface area contributed by atoms with Gasteiger partial charge in [0.1, 0.15) is 24.2 Å². The largest absolute Gasteiger partial charge is 0.352 e. The Morgan fingerprint density at radius 2 is 1.34 bits per heavy atom. The lowest BCUT2D eigenvalue weighted by atomic mass is 10.0. The van der Waals surface area contributed by atoms with Crippen molar-refractivity contribution in [2.45, 2.75) is 140 Å². The molecule has 2 aromatic rings. The summed E-state index contributed by atoms with van der Waals surface area (Å²) in [5.74, 6) is -2.92. The normalized spacial score (nSPS) is 15.7. The quantitative estimate of drug-likeness (QED) is 0.0430. The monoisotopic (exact) mass is 963 g/mol. The first kappa shape index (κ1) is 54.1. The average molecular weight is 964 g/mol. The van der Waals surface area contributed by atoms with Crippen LogP contribution in [0, 0.1) is 5.92 Å². The van der Waals surface area contributed by atoms with Gasteiger partial charge in [-0.15, -0.1) is 5.06 Å². The Morgan fingerprint density at radius 3 is 1.97 bits per heavy atom. The van der Waals surface area contributed by atoms with Crippen LogP contribution in [0.25, 0.3) is 0 Å². The molecule has 0 radical (unpaired) electrons. The van der Waals surface area contributed by atoms with Crippen LogP contribution in [0.5, 0.6) is 0 Å². The predicted molar refractivity (Wildman–Crippen MR) is 254 cm³/mol. The third kappa shape index (κ3) is 19.4. The number of hydrogen-bond acceptors (Lipinski definition) is 12. The highest BCUT2D eigenvalue weighted by Crippen LogP contribution is 2.20. The molecule has 0 aromatic heterocycles. The van der Waals surface area contributed by atoms with Crippen molar-refractivity contribution in [3.63, 3.8) is 0 Å². The maximum atomic E-state index is 13.6. The number of benzene rings is 2. The third-order valence-electron chi connectivity index (χ3n) is 11.1. The summed E-state index contributed by atoms with van der Waals surface area (Å²) in [5, 5.41) is 19.7. The number of carbonyl (C=O) groups excluding carboxylic acids is 10. The number of urea groups is 1. The van der Waals surface area contributed by atoms with E-state index in [4.69, 9.17) is 10.6 Å². The number of primary amides is 1. The number of nitrogens with one attached hydrogen (secondary N) is 7. The molecule has 9 N–H and O–H groups in total. The molecule has 0 spiro atoms. The molecule has 370 valence electrons. The number of carbonyl (C=O) groups is 10. The Labute approximate surface area is 400 Å². The number of unbranched alkanes of at least 4 members (excludes halogenated alkanes) is 4. The molecule has 68 heavy (non-hydrogen) atoms. The fourth-order valence-corrected chi connectivity index (χ4v) is 8.28. The summed E-state index contributed by atoms with van der Waals surface area (Å²) in [6.07, 6.45) is 5.26. The van der Waals surface area contributed by atoms with E-state index in [2.05, 4.69) is 37.2 Å². The van der Waals surface area contributed by atoms with E-state index in [0.717, 1.165) is 24.2 Å². The highest BCUT2D eigenvalue weighted by Gasteiger charge is 2.33. The summed E-state index contributed by atoms with van der Waals surface area (Å²) in [5.41, 5.74) is 7.36. The average Bonchev–Trinajstić information content (AvgIpc) is 3.89. The molecule has 2 aliphatic rings. The molecule has 4 atom stereocenters. The third-order valence-corrected chi connectivity index (χ3v) is 12.2. The molecular formula is C47H65N9O11S. The summed E-state index contributed by atoms with van der Waals surface area (Å²) < 4.78 is 0. The molecule has 2 heterocycles. The summed E-state index contributed by atoms with van der Waals surface area (Å²) >= 11 is 1.74. The van der Waals surface area contributed by atoms with Gasteiger partial charge in [-0.05, 0) is 86.4 Å². The van der Waals surface area contributed by atoms with Crippen molar-refractivity contribution in [3.05, 3.63) is 60.2 Å². The zero-order valence-electron chi connectivity index (χ0n) is 38.7. The zero-order valence-corrected chi connectivity index (χ0v) is 39.6. The van der Waals surface area contributed by atoms with E-state index in [1.54, 1.807) is 49.9 Å². The van der Waals surface area contributed by atoms with Gasteiger partial charge in [-0.25, -0.2) is 9.59 Å². The Morgan fingerprint density at radius 1 is 0.721 bits per heavy atom. The maximum absolute atomic E-state index is 13.6. The number of hydrogen-bond donors (Lipinski definition) is 8. The van der Waals surface area contributed by atoms with E-state index < -0.39 is 65.7 Å². The second-order valence-corrected chi connectivity index (χ2v) is 18.2. The van der Waals surface area contributed by atoms with Crippen molar-refractivity contribution >= 4 is 82.4 Å². The molecule has 2 saturated heterocycles. The fraction of sp³-hybridized carbons (Fsp3) is 0.532. The Hall–Kier alpha value is -6.51. The lowest BCUT2D eigenvalue weighted by Gasteiger charge is -2.25. The van der Waals surface area contributed by atoms with E-state index in [1.807, 2.05) is 30.3 Å². The van der Waals surface area contributed by atoms with E-state index in [0.29, 0.717) is 67.1 Å². The minimum Gasteiger partial charge on any atom is -0.352 e. The van der Waals surface area contributed by atoms with Gasteiger partial charge in [0.05, 0.1) is 0 Å². The van der Waals surface area contributed by atoms with Gasteiger partial charge in [0.15, 0.2) is 0 Å². The van der Waals surface area contributed by atoms with E-state index >= 15 is 0 Å². The lowest BCUT2D eigenvalue weighted by Crippen LogP contribution is -2.54. The van der Waals surface area contributed by atoms with Gasteiger partial charge in [0, 0.05) is 55.8 Å². The first-order chi connectivity index (χ1) is 32.6. The van der Waals surface area contributed by atoms with Crippen molar-refractivity contribution in [1.29, 1.82) is 0 Å². The number of nitrogens with zero attached hydrogens (tertiary/aromatic N) is 1. The van der Waals surface area contributed by atoms with E-state index in [-0.39, 0.29) is 68.7 Å². The molecule has 4 rings (SSSR count). The number of amides is 10. The Balaban J connectivity index is 1.19. The second kappa shape index (κ2) is 28.6. The van der Waals surface area contributed by atoms with Crippen LogP contribution < -0.4 is 43.0 Å². The smallest absolute Gasteiger partial charge is 0.333 e. The van der Waals surface area contributed by atoms with Crippen LogP contribution in [0.4, 0.5) is 16.2 Å². The van der Waals surface area contributed by atoms with Crippen LogP contribution in [0.1, 0.15) is 116 Å². The molecule has 21 heteroatoms. The highest BCUT2D eigenvalue weighted by atomic mass is 32.2. The van der Waals surface area contributed by atoms with Gasteiger partial charge in [-0.1, -0.05) is 63.4 Å². The summed E-state index contributed by atoms with van der Waals surface area (Å²) in [4.78, 5) is 129. The summed E-state index contributed by atoms with van der Waals surface area (Å²) in [6, 6.07) is 12.2. The summed E-state index contributed by atoms with van der Waals surface area (Å²) in [6.45, 7) is 3.69. The van der Waals surface area contributed by atoms with Crippen molar-refractivity contribution in [1.82, 2.24) is 31.6 Å². The van der Waals surface area contributed by atoms with Gasteiger partial charge in [0.2, 0.25) is 35.4 Å². The van der Waals surface area contributed by atoms with E-state index in [9.17, 15) is 47.9 Å². The van der Waals surface area contributed by atoms with Crippen molar-refractivity contribution < 1.29 is 52.8 Å². The van der Waals surface area contributed by atoms with Crippen molar-refractivity contribution in [2.24, 2.45) is 11.7 Å². The lowest BCUT2D eigenvalue weighted by molar-refractivity contribution is -0.197. The van der Waals surface area contributed by atoms with Gasteiger partial charge in [-0.3, -0.25) is 38.4 Å². The summed E-state index contributed by atoms with van der Waals surface area (Å²) in [7, 11) is 0. The van der Waals surface area contributed by atoms with Crippen LogP contribution in [0.15, 0.2) is 54.6 Å². The molecule has 2 aliphatic heterocycles. The number of para-hydroxylation sites is 1. The van der Waals surface area contributed by atoms with Crippen LogP contribution in [0.3, 0.4) is 0 Å². The Kier molecular flexibility index (Phi) is 22.8. The molecular weight excluding hydrogens is 899 g/mol. The maximum Gasteiger partial charge on any atom is 0.333 e. The van der Waals surface area contributed by atoms with Gasteiger partial charge < -0.3 is 47.8 Å². The topological polar surface area (TPSA) is 293 Å². The highest BCUT2D eigenvalue weighted by molar-refractivity contribution is 7.98. The first-order valence-corrected chi connectivity index (χ1v) is 24.4. The van der Waals surface area contributed by atoms with Crippen LogP contribution in [-0.2, 0) is 53.7 Å². The molecule has 4 unspecified atom stereocenters. The van der Waals surface area contributed by atoms with Crippen molar-refractivity contribution in [2.75, 3.05) is 22.9 Å². The standard InChI is InChI=1S/C47H65N9O11S/c1-30(2)42(55-37(57)17-9-4-10-18-41(61)67-56-39(59)25-26-40(56)60)46(65)54-35(16-12-27-49-47(48)66)44(63)51-33-21-19-31(20-22-33)29-68-28-11-5-8-15-34(43(62)50-32-13-6-3-7-14-32)53-45(64)36-23-24-38(58)52-36/h3,6-7,13-14,19-22,30,34-36,42H,4-5,8-12,15-18,23-29H2,1-2H3,(H,50,62)(H,51,63)(H,52,58)(H,53,64)(H,54,65)(H,55,57)(H3,48,49,66). The van der Waals surface area contributed by atoms with Crippen LogP contribution in [-0.4, -0.2) is 101 Å². The molecule has 10 amide bonds. The molecule has 0 bridgehead atoms. The van der Waals surface area contributed by atoms with Crippen LogP contribution in [0.2, 0.25) is 0 Å². The van der Waals surface area contributed by atoms with Gasteiger partial charge in [0.25, 0.3) is 11.8 Å². The van der Waals surface area contributed by atoms with Gasteiger partial charge >= 0.3 is 12.0 Å².